The van der Waals surface area contributed by atoms with Crippen molar-refractivity contribution in [2.75, 3.05) is 31.6 Å². The van der Waals surface area contributed by atoms with Crippen molar-refractivity contribution in [3.63, 3.8) is 0 Å². The van der Waals surface area contributed by atoms with Gasteiger partial charge in [-0.1, -0.05) is 0 Å². The Morgan fingerprint density at radius 2 is 2.09 bits per heavy atom. The molecule has 3 aromatic rings. The third kappa shape index (κ3) is 3.28. The molecule has 1 aromatic carbocycles. The number of ether oxygens (including phenoxy) is 1. The minimum atomic E-state index is -1.19. The number of anilines is 1. The standard InChI is InChI=1S/C23H26FN5O3/c1-13-8-16-21(19(12-30)27(2)23(16)31)26-22(13)29-7-6-20(17(24)11-29)32-15-4-5-18-14(9-15)10-25-28(18)3/h4-5,8-10,17,19-20,30H,6-7,11-12H2,1-3H3/t17-,19?,20+/m0/s1. The van der Waals surface area contributed by atoms with Gasteiger partial charge in [0.1, 0.15) is 17.7 Å². The van der Waals surface area contributed by atoms with Gasteiger partial charge in [-0.25, -0.2) is 9.37 Å². The summed E-state index contributed by atoms with van der Waals surface area (Å²) < 4.78 is 22.9. The molecule has 1 N–H and O–H groups in total. The van der Waals surface area contributed by atoms with E-state index in [1.54, 1.807) is 24.0 Å². The first-order valence-corrected chi connectivity index (χ1v) is 10.7. The van der Waals surface area contributed by atoms with E-state index in [1.807, 2.05) is 37.1 Å². The number of rotatable bonds is 4. The maximum absolute atomic E-state index is 15.1. The van der Waals surface area contributed by atoms with E-state index in [0.29, 0.717) is 35.8 Å². The van der Waals surface area contributed by atoms with Gasteiger partial charge in [-0.2, -0.15) is 5.10 Å². The van der Waals surface area contributed by atoms with Crippen LogP contribution >= 0.6 is 0 Å². The summed E-state index contributed by atoms with van der Waals surface area (Å²) in [5, 5.41) is 14.9. The first-order valence-electron chi connectivity index (χ1n) is 10.7. The molecule has 1 unspecified atom stereocenters. The Hall–Kier alpha value is -3.20. The van der Waals surface area contributed by atoms with Crippen LogP contribution in [0.2, 0.25) is 0 Å². The van der Waals surface area contributed by atoms with Crippen LogP contribution in [0.3, 0.4) is 0 Å². The Balaban J connectivity index is 1.33. The number of pyridine rings is 1. The fourth-order valence-corrected chi connectivity index (χ4v) is 4.69. The minimum Gasteiger partial charge on any atom is -0.487 e. The van der Waals surface area contributed by atoms with Gasteiger partial charge in [0.2, 0.25) is 0 Å². The van der Waals surface area contributed by atoms with E-state index in [-0.39, 0.29) is 19.1 Å². The topological polar surface area (TPSA) is 83.7 Å². The van der Waals surface area contributed by atoms with Crippen LogP contribution in [0.4, 0.5) is 10.2 Å². The Morgan fingerprint density at radius 3 is 2.84 bits per heavy atom. The van der Waals surface area contributed by atoms with E-state index in [2.05, 4.69) is 5.10 Å². The SMILES string of the molecule is Cc1cc2c(nc1N1CC[C@@H](Oc3ccc4c(cnn4C)c3)[C@@H](F)C1)C(CO)N(C)C2=O. The Labute approximate surface area is 185 Å². The molecule has 0 aliphatic carbocycles. The number of likely N-dealkylation sites (N-methyl/N-ethyl adjacent to an activating group) is 1. The van der Waals surface area contributed by atoms with Crippen molar-refractivity contribution in [2.45, 2.75) is 31.7 Å². The summed E-state index contributed by atoms with van der Waals surface area (Å²) >= 11 is 0. The zero-order valence-electron chi connectivity index (χ0n) is 18.3. The molecule has 0 saturated carbocycles. The summed E-state index contributed by atoms with van der Waals surface area (Å²) in [4.78, 5) is 20.5. The molecule has 8 nitrogen and oxygen atoms in total. The highest BCUT2D eigenvalue weighted by atomic mass is 19.1. The summed E-state index contributed by atoms with van der Waals surface area (Å²) in [6.07, 6.45) is 0.530. The predicted molar refractivity (Wildman–Crippen MR) is 118 cm³/mol. The lowest BCUT2D eigenvalue weighted by molar-refractivity contribution is 0.0714. The van der Waals surface area contributed by atoms with Crippen molar-refractivity contribution in [1.82, 2.24) is 19.7 Å². The fraction of sp³-hybridized carbons (Fsp3) is 0.435. The van der Waals surface area contributed by atoms with E-state index in [4.69, 9.17) is 9.72 Å². The highest BCUT2D eigenvalue weighted by molar-refractivity contribution is 5.99. The first kappa shape index (κ1) is 20.7. The highest BCUT2D eigenvalue weighted by Gasteiger charge is 2.38. The van der Waals surface area contributed by atoms with Gasteiger partial charge in [0.15, 0.2) is 6.17 Å². The number of hydrogen-bond donors (Lipinski definition) is 1. The van der Waals surface area contributed by atoms with E-state index in [1.165, 1.54) is 4.90 Å². The molecule has 3 atom stereocenters. The molecule has 1 fully saturated rings. The Morgan fingerprint density at radius 1 is 1.28 bits per heavy atom. The second-order valence-corrected chi connectivity index (χ2v) is 8.57. The molecule has 32 heavy (non-hydrogen) atoms. The average Bonchev–Trinajstić information content (AvgIpc) is 3.26. The molecule has 0 radical (unpaired) electrons. The van der Waals surface area contributed by atoms with Gasteiger partial charge < -0.3 is 19.6 Å². The van der Waals surface area contributed by atoms with Crippen LogP contribution in [0.1, 0.15) is 34.1 Å². The maximum Gasteiger partial charge on any atom is 0.256 e. The second kappa shape index (κ2) is 7.74. The van der Waals surface area contributed by atoms with Crippen LogP contribution < -0.4 is 9.64 Å². The monoisotopic (exact) mass is 439 g/mol. The number of hydrogen-bond acceptors (Lipinski definition) is 6. The number of carbonyl (C=O) groups excluding carboxylic acids is 1. The van der Waals surface area contributed by atoms with Crippen LogP contribution in [0.5, 0.6) is 5.75 Å². The van der Waals surface area contributed by atoms with Crippen LogP contribution in [-0.4, -0.2) is 69.7 Å². The quantitative estimate of drug-likeness (QED) is 0.672. The van der Waals surface area contributed by atoms with Gasteiger partial charge in [-0.3, -0.25) is 9.48 Å². The number of aliphatic hydroxyl groups is 1. The lowest BCUT2D eigenvalue weighted by atomic mass is 10.0. The lowest BCUT2D eigenvalue weighted by Gasteiger charge is -2.36. The fourth-order valence-electron chi connectivity index (χ4n) is 4.69. The van der Waals surface area contributed by atoms with Gasteiger partial charge in [0, 0.05) is 32.4 Å². The summed E-state index contributed by atoms with van der Waals surface area (Å²) in [6.45, 7) is 2.41. The Bertz CT molecular complexity index is 1200. The molecule has 5 rings (SSSR count). The second-order valence-electron chi connectivity index (χ2n) is 8.57. The van der Waals surface area contributed by atoms with E-state index < -0.39 is 18.3 Å². The zero-order valence-corrected chi connectivity index (χ0v) is 18.3. The van der Waals surface area contributed by atoms with Crippen LogP contribution in [0.15, 0.2) is 30.5 Å². The summed E-state index contributed by atoms with van der Waals surface area (Å²) in [5.41, 5.74) is 2.87. The predicted octanol–water partition coefficient (Wildman–Crippen LogP) is 2.39. The molecule has 2 aliphatic rings. The number of aliphatic hydroxyl groups excluding tert-OH is 1. The molecule has 1 amide bonds. The normalized spacial score (nSPS) is 23.2. The van der Waals surface area contributed by atoms with Crippen LogP contribution in [0, 0.1) is 6.92 Å². The number of alkyl halides is 1. The van der Waals surface area contributed by atoms with E-state index >= 15 is 4.39 Å². The molecule has 168 valence electrons. The molecule has 2 aromatic heterocycles. The van der Waals surface area contributed by atoms with Crippen molar-refractivity contribution >= 4 is 22.6 Å². The Kier molecular flexibility index (Phi) is 5.00. The number of nitrogens with zero attached hydrogens (tertiary/aromatic N) is 5. The smallest absolute Gasteiger partial charge is 0.256 e. The molecule has 2 aliphatic heterocycles. The van der Waals surface area contributed by atoms with Crippen molar-refractivity contribution < 1.29 is 19.0 Å². The number of halogens is 1. The number of carbonyl (C=O) groups is 1. The molecule has 0 bridgehead atoms. The van der Waals surface area contributed by atoms with Crippen molar-refractivity contribution in [1.29, 1.82) is 0 Å². The molecule has 1 saturated heterocycles. The third-order valence-corrected chi connectivity index (χ3v) is 6.51. The summed E-state index contributed by atoms with van der Waals surface area (Å²) in [6, 6.07) is 6.98. The number of fused-ring (bicyclic) bond motifs is 2. The van der Waals surface area contributed by atoms with Gasteiger partial charge >= 0.3 is 0 Å². The van der Waals surface area contributed by atoms with Gasteiger partial charge in [0.05, 0.1) is 42.2 Å². The van der Waals surface area contributed by atoms with Crippen molar-refractivity contribution in [3.05, 3.63) is 47.3 Å². The van der Waals surface area contributed by atoms with E-state index in [9.17, 15) is 9.90 Å². The van der Waals surface area contributed by atoms with Gasteiger partial charge in [-0.15, -0.1) is 0 Å². The van der Waals surface area contributed by atoms with Crippen LogP contribution in [0.25, 0.3) is 10.9 Å². The molecular weight excluding hydrogens is 413 g/mol. The number of aromatic nitrogens is 3. The third-order valence-electron chi connectivity index (χ3n) is 6.51. The lowest BCUT2D eigenvalue weighted by Crippen LogP contribution is -2.47. The van der Waals surface area contributed by atoms with Crippen molar-refractivity contribution in [2.24, 2.45) is 7.05 Å². The highest BCUT2D eigenvalue weighted by Crippen LogP contribution is 2.35. The van der Waals surface area contributed by atoms with Gasteiger partial charge in [0.25, 0.3) is 5.91 Å². The van der Waals surface area contributed by atoms with Crippen molar-refractivity contribution in [3.8, 4) is 5.75 Å². The first-order chi connectivity index (χ1) is 15.4. The number of aryl methyl sites for hydroxylation is 2. The minimum absolute atomic E-state index is 0.151. The number of piperidine rings is 1. The summed E-state index contributed by atoms with van der Waals surface area (Å²) in [5.74, 6) is 1.14. The summed E-state index contributed by atoms with van der Waals surface area (Å²) in [7, 11) is 3.53. The maximum atomic E-state index is 15.1. The number of benzene rings is 1. The molecular formula is C23H26FN5O3. The van der Waals surface area contributed by atoms with E-state index in [0.717, 1.165) is 16.5 Å². The largest absolute Gasteiger partial charge is 0.487 e. The zero-order chi connectivity index (χ0) is 22.6. The number of amides is 1. The molecule has 9 heteroatoms. The van der Waals surface area contributed by atoms with Gasteiger partial charge in [-0.05, 0) is 36.8 Å². The molecule has 4 heterocycles. The van der Waals surface area contributed by atoms with Crippen LogP contribution in [-0.2, 0) is 7.05 Å². The average molecular weight is 439 g/mol. The molecule has 0 spiro atoms.